The van der Waals surface area contributed by atoms with Crippen molar-refractivity contribution >= 4 is 14.4 Å². The number of aliphatic hydroxyl groups is 2. The van der Waals surface area contributed by atoms with Gasteiger partial charge in [0.15, 0.2) is 8.32 Å². The Kier molecular flexibility index (Phi) is 16.8. The van der Waals surface area contributed by atoms with Crippen molar-refractivity contribution in [3.63, 3.8) is 0 Å². The fraction of sp³-hybridized carbons (Fsp3) is 0.537. The van der Waals surface area contributed by atoms with Crippen LogP contribution in [0.1, 0.15) is 71.1 Å². The molecule has 51 heavy (non-hydrogen) atoms. The van der Waals surface area contributed by atoms with Crippen LogP contribution in [0.2, 0.25) is 18.1 Å². The quantitative estimate of drug-likeness (QED) is 0.0800. The van der Waals surface area contributed by atoms with Gasteiger partial charge in [-0.1, -0.05) is 112 Å². The minimum atomic E-state index is -2.03. The van der Waals surface area contributed by atoms with Gasteiger partial charge in [-0.25, -0.2) is 4.79 Å². The molecule has 282 valence electrons. The molecular formula is C41H61NO8Si. The van der Waals surface area contributed by atoms with Gasteiger partial charge in [-0.3, -0.25) is 0 Å². The van der Waals surface area contributed by atoms with E-state index in [4.69, 9.17) is 23.4 Å². The lowest BCUT2D eigenvalue weighted by Gasteiger charge is -2.40. The maximum Gasteiger partial charge on any atom is 0.407 e. The molecule has 3 aromatic rings. The van der Waals surface area contributed by atoms with Gasteiger partial charge in [-0.15, -0.1) is 0 Å². The van der Waals surface area contributed by atoms with Crippen LogP contribution in [0.3, 0.4) is 0 Å². The summed E-state index contributed by atoms with van der Waals surface area (Å²) in [5.74, 6) is 0. The molecule has 3 aromatic carbocycles. The fourth-order valence-corrected chi connectivity index (χ4v) is 6.36. The predicted octanol–water partition coefficient (Wildman–Crippen LogP) is 7.79. The molecule has 10 heteroatoms. The second-order valence-electron chi connectivity index (χ2n) is 15.5. The largest absolute Gasteiger partial charge is 0.444 e. The van der Waals surface area contributed by atoms with Gasteiger partial charge in [0.05, 0.1) is 32.5 Å². The molecule has 0 fully saturated rings. The third kappa shape index (κ3) is 14.8. The molecular weight excluding hydrogens is 663 g/mol. The van der Waals surface area contributed by atoms with Crippen LogP contribution in [0.5, 0.6) is 0 Å². The molecule has 0 aromatic heterocycles. The van der Waals surface area contributed by atoms with Crippen LogP contribution in [-0.2, 0) is 43.2 Å². The highest BCUT2D eigenvalue weighted by molar-refractivity contribution is 6.74. The lowest BCUT2D eigenvalue weighted by Crippen LogP contribution is -2.58. The molecule has 1 unspecified atom stereocenters. The number of benzene rings is 3. The number of amides is 1. The number of carbonyl (C=O) groups excluding carboxylic acids is 1. The molecule has 3 rings (SSSR count). The van der Waals surface area contributed by atoms with Gasteiger partial charge in [-0.2, -0.15) is 0 Å². The van der Waals surface area contributed by atoms with Crippen molar-refractivity contribution in [2.24, 2.45) is 0 Å². The minimum Gasteiger partial charge on any atom is -0.444 e. The van der Waals surface area contributed by atoms with Gasteiger partial charge >= 0.3 is 6.09 Å². The van der Waals surface area contributed by atoms with E-state index in [0.717, 1.165) is 16.7 Å². The van der Waals surface area contributed by atoms with E-state index >= 15 is 0 Å². The van der Waals surface area contributed by atoms with Crippen molar-refractivity contribution in [1.29, 1.82) is 0 Å². The highest BCUT2D eigenvalue weighted by atomic mass is 28.4. The predicted molar refractivity (Wildman–Crippen MR) is 204 cm³/mol. The highest BCUT2D eigenvalue weighted by Gasteiger charge is 2.42. The normalized spacial score (nSPS) is 15.4. The van der Waals surface area contributed by atoms with Crippen molar-refractivity contribution in [2.45, 2.75) is 128 Å². The van der Waals surface area contributed by atoms with E-state index in [9.17, 15) is 15.0 Å². The molecule has 0 bridgehead atoms. The molecule has 3 N–H and O–H groups in total. The molecule has 5 atom stereocenters. The Bertz CT molecular complexity index is 1400. The molecule has 0 spiro atoms. The topological polar surface area (TPSA) is 116 Å². The standard InChI is InChI=1S/C41H61NO8Si/c1-40(2,3)50-39(45)42-34(25-18-26-49-51(7,8)41(4,5)6)36(46-28-31-19-12-9-13-20-31)38(48-30-33-23-16-11-17-24-33)37(35(44)27-43)47-29-32-21-14-10-15-22-32/h9-17,19-24,34-38,43-44H,18,25-30H2,1-8H3,(H,42,45)/t34-,35?,36-,37+,38+/m1/s1. The first kappa shape index (κ1) is 42.3. The van der Waals surface area contributed by atoms with Crippen molar-refractivity contribution in [3.05, 3.63) is 108 Å². The summed E-state index contributed by atoms with van der Waals surface area (Å²) in [5, 5.41) is 24.8. The van der Waals surface area contributed by atoms with E-state index in [-0.39, 0.29) is 24.9 Å². The minimum absolute atomic E-state index is 0.0443. The van der Waals surface area contributed by atoms with Gasteiger partial charge in [0.25, 0.3) is 0 Å². The van der Waals surface area contributed by atoms with Crippen LogP contribution in [0.4, 0.5) is 4.79 Å². The first-order chi connectivity index (χ1) is 24.1. The number of hydrogen-bond acceptors (Lipinski definition) is 8. The summed E-state index contributed by atoms with van der Waals surface area (Å²) in [5.41, 5.74) is 1.98. The maximum absolute atomic E-state index is 13.5. The molecule has 0 radical (unpaired) electrons. The molecule has 0 heterocycles. The van der Waals surface area contributed by atoms with Crippen LogP contribution in [0.25, 0.3) is 0 Å². The van der Waals surface area contributed by atoms with E-state index in [0.29, 0.717) is 19.4 Å². The third-order valence-electron chi connectivity index (χ3n) is 9.10. The Morgan fingerprint density at radius 2 is 1.14 bits per heavy atom. The molecule has 0 saturated carbocycles. The Hall–Kier alpha value is -3.09. The smallest absolute Gasteiger partial charge is 0.407 e. The maximum atomic E-state index is 13.5. The Labute approximate surface area is 306 Å². The fourth-order valence-electron chi connectivity index (χ4n) is 5.27. The number of alkyl carbamates (subject to hydrolysis) is 1. The molecule has 0 aliphatic heterocycles. The summed E-state index contributed by atoms with van der Waals surface area (Å²) < 4.78 is 32.1. The molecule has 1 amide bonds. The number of ether oxygens (including phenoxy) is 4. The lowest BCUT2D eigenvalue weighted by atomic mass is 9.94. The second kappa shape index (κ2) is 20.2. The van der Waals surface area contributed by atoms with Gasteiger partial charge in [-0.05, 0) is 68.4 Å². The zero-order valence-electron chi connectivity index (χ0n) is 31.8. The van der Waals surface area contributed by atoms with Crippen LogP contribution in [0, 0.1) is 0 Å². The number of nitrogens with one attached hydrogen (secondary N) is 1. The van der Waals surface area contributed by atoms with Gasteiger partial charge in [0.2, 0.25) is 0 Å². The highest BCUT2D eigenvalue weighted by Crippen LogP contribution is 2.36. The number of hydrogen-bond donors (Lipinski definition) is 3. The third-order valence-corrected chi connectivity index (χ3v) is 13.6. The van der Waals surface area contributed by atoms with E-state index in [1.165, 1.54) is 0 Å². The van der Waals surface area contributed by atoms with E-state index < -0.39 is 57.1 Å². The average molecular weight is 724 g/mol. The Morgan fingerprint density at radius 3 is 1.55 bits per heavy atom. The SMILES string of the molecule is CC(C)(C)OC(=O)N[C@H](CCCO[Si](C)(C)C(C)(C)C)[C@@H](OCc1ccccc1)[C@H](OCc1ccccc1)[C@@H](OCc1ccccc1)C(O)CO. The van der Waals surface area contributed by atoms with Crippen molar-refractivity contribution in [3.8, 4) is 0 Å². The van der Waals surface area contributed by atoms with Crippen molar-refractivity contribution in [2.75, 3.05) is 13.2 Å². The number of rotatable bonds is 20. The first-order valence-electron chi connectivity index (χ1n) is 18.0. The first-order valence-corrected chi connectivity index (χ1v) is 20.9. The van der Waals surface area contributed by atoms with Gasteiger partial charge in [0.1, 0.15) is 30.0 Å². The van der Waals surface area contributed by atoms with Crippen molar-refractivity contribution < 1.29 is 38.4 Å². The molecule has 0 saturated heterocycles. The molecule has 0 aliphatic carbocycles. The molecule has 0 aliphatic rings. The summed E-state index contributed by atoms with van der Waals surface area (Å²) in [4.78, 5) is 13.5. The summed E-state index contributed by atoms with van der Waals surface area (Å²) in [7, 11) is -2.03. The zero-order chi connectivity index (χ0) is 37.5. The van der Waals surface area contributed by atoms with E-state index in [1.54, 1.807) is 0 Å². The Morgan fingerprint density at radius 1 is 0.706 bits per heavy atom. The zero-order valence-corrected chi connectivity index (χ0v) is 32.8. The number of aliphatic hydroxyl groups excluding tert-OH is 2. The lowest BCUT2D eigenvalue weighted by molar-refractivity contribution is -0.190. The van der Waals surface area contributed by atoms with Gasteiger partial charge in [0, 0.05) is 6.61 Å². The monoisotopic (exact) mass is 723 g/mol. The van der Waals surface area contributed by atoms with Crippen LogP contribution in [-0.4, -0.2) is 73.9 Å². The summed E-state index contributed by atoms with van der Waals surface area (Å²) >= 11 is 0. The van der Waals surface area contributed by atoms with E-state index in [1.807, 2.05) is 112 Å². The number of carbonyl (C=O) groups is 1. The van der Waals surface area contributed by atoms with Crippen LogP contribution < -0.4 is 5.32 Å². The van der Waals surface area contributed by atoms with Crippen LogP contribution in [0.15, 0.2) is 91.0 Å². The van der Waals surface area contributed by atoms with Gasteiger partial charge < -0.3 is 38.9 Å². The van der Waals surface area contributed by atoms with Crippen molar-refractivity contribution in [1.82, 2.24) is 5.32 Å². The summed E-state index contributed by atoms with van der Waals surface area (Å²) in [6.07, 6.45) is -3.68. The summed E-state index contributed by atoms with van der Waals surface area (Å²) in [6.45, 7) is 16.9. The summed E-state index contributed by atoms with van der Waals surface area (Å²) in [6, 6.07) is 28.4. The van der Waals surface area contributed by atoms with E-state index in [2.05, 4.69) is 39.2 Å². The van der Waals surface area contributed by atoms with Crippen LogP contribution >= 0.6 is 0 Å². The average Bonchev–Trinajstić information content (AvgIpc) is 3.08. The second-order valence-corrected chi connectivity index (χ2v) is 20.3. The Balaban J connectivity index is 2.06. The molecule has 9 nitrogen and oxygen atoms in total.